The Morgan fingerprint density at radius 2 is 2.16 bits per heavy atom. The zero-order valence-corrected chi connectivity index (χ0v) is 15.2. The number of phenols is 1. The standard InChI is InChI=1S/C19H24FN3OS/c1-13-5-2-3-7-16(13)22-19(21-12-15-6-4-10-25-15)23-17-11-14(20)8-9-18(17)24/h4,6,8-11,13,16,24H,2-3,5,7,12H2,1H3,(H2,21,22,23). The first-order chi connectivity index (χ1) is 12.1. The number of anilines is 1. The second kappa shape index (κ2) is 8.34. The maximum Gasteiger partial charge on any atom is 0.196 e. The Labute approximate surface area is 151 Å². The van der Waals surface area contributed by atoms with Crippen LogP contribution in [-0.2, 0) is 6.54 Å². The molecule has 134 valence electrons. The van der Waals surface area contributed by atoms with E-state index in [1.165, 1.54) is 37.5 Å². The van der Waals surface area contributed by atoms with Gasteiger partial charge in [-0.1, -0.05) is 25.8 Å². The summed E-state index contributed by atoms with van der Waals surface area (Å²) in [7, 11) is 0. The summed E-state index contributed by atoms with van der Waals surface area (Å²) >= 11 is 1.65. The van der Waals surface area contributed by atoms with Gasteiger partial charge in [0.1, 0.15) is 11.6 Å². The topological polar surface area (TPSA) is 56.7 Å². The Hall–Kier alpha value is -2.08. The molecule has 1 saturated carbocycles. The number of thiophene rings is 1. The highest BCUT2D eigenvalue weighted by Gasteiger charge is 2.22. The van der Waals surface area contributed by atoms with Crippen molar-refractivity contribution >= 4 is 23.0 Å². The molecule has 0 saturated heterocycles. The van der Waals surface area contributed by atoms with E-state index in [0.717, 1.165) is 11.3 Å². The highest BCUT2D eigenvalue weighted by molar-refractivity contribution is 7.09. The summed E-state index contributed by atoms with van der Waals surface area (Å²) in [6.45, 7) is 2.79. The summed E-state index contributed by atoms with van der Waals surface area (Å²) in [5, 5.41) is 18.6. The quantitative estimate of drug-likeness (QED) is 0.419. The molecule has 0 spiro atoms. The number of aliphatic imine (C=N–C) groups is 1. The molecule has 6 heteroatoms. The molecule has 1 aliphatic carbocycles. The van der Waals surface area contributed by atoms with Crippen molar-refractivity contribution in [2.24, 2.45) is 10.9 Å². The minimum absolute atomic E-state index is 0.00344. The first-order valence-electron chi connectivity index (χ1n) is 8.71. The molecule has 2 aromatic rings. The fraction of sp³-hybridized carbons (Fsp3) is 0.421. The molecule has 0 aliphatic heterocycles. The summed E-state index contributed by atoms with van der Waals surface area (Å²) in [5.41, 5.74) is 0.320. The number of aromatic hydroxyl groups is 1. The van der Waals surface area contributed by atoms with Gasteiger partial charge in [0.05, 0.1) is 12.2 Å². The predicted octanol–water partition coefficient (Wildman–Crippen LogP) is 4.73. The molecule has 2 unspecified atom stereocenters. The SMILES string of the molecule is CC1CCCCC1NC(=NCc1cccs1)Nc1cc(F)ccc1O. The Balaban J connectivity index is 1.77. The molecule has 2 atom stereocenters. The van der Waals surface area contributed by atoms with Crippen LogP contribution in [0.4, 0.5) is 10.1 Å². The van der Waals surface area contributed by atoms with Crippen LogP contribution in [-0.4, -0.2) is 17.1 Å². The molecule has 25 heavy (non-hydrogen) atoms. The van der Waals surface area contributed by atoms with Gasteiger partial charge in [0, 0.05) is 17.0 Å². The fourth-order valence-electron chi connectivity index (χ4n) is 3.12. The molecule has 3 rings (SSSR count). The monoisotopic (exact) mass is 361 g/mol. The van der Waals surface area contributed by atoms with Gasteiger partial charge in [0.15, 0.2) is 5.96 Å². The van der Waals surface area contributed by atoms with Crippen LogP contribution in [0.3, 0.4) is 0 Å². The van der Waals surface area contributed by atoms with Gasteiger partial charge in [-0.25, -0.2) is 9.38 Å². The predicted molar refractivity (Wildman–Crippen MR) is 102 cm³/mol. The van der Waals surface area contributed by atoms with E-state index in [9.17, 15) is 9.50 Å². The van der Waals surface area contributed by atoms with E-state index >= 15 is 0 Å². The maximum atomic E-state index is 13.5. The molecule has 4 nitrogen and oxygen atoms in total. The van der Waals surface area contributed by atoms with Crippen molar-refractivity contribution in [1.29, 1.82) is 0 Å². The first kappa shape index (κ1) is 17.7. The van der Waals surface area contributed by atoms with E-state index in [2.05, 4.69) is 22.5 Å². The normalized spacial score (nSPS) is 21.1. The van der Waals surface area contributed by atoms with E-state index in [0.29, 0.717) is 30.2 Å². The van der Waals surface area contributed by atoms with E-state index in [-0.39, 0.29) is 5.75 Å². The van der Waals surface area contributed by atoms with Gasteiger partial charge < -0.3 is 15.7 Å². The minimum atomic E-state index is -0.399. The Morgan fingerprint density at radius 3 is 2.92 bits per heavy atom. The summed E-state index contributed by atoms with van der Waals surface area (Å²) in [6.07, 6.45) is 4.75. The largest absolute Gasteiger partial charge is 0.506 e. The molecular weight excluding hydrogens is 337 g/mol. The number of benzene rings is 1. The molecule has 1 aliphatic rings. The van der Waals surface area contributed by atoms with Crippen molar-refractivity contribution in [2.45, 2.75) is 45.2 Å². The van der Waals surface area contributed by atoms with Crippen molar-refractivity contribution in [1.82, 2.24) is 5.32 Å². The molecular formula is C19H24FN3OS. The summed E-state index contributed by atoms with van der Waals surface area (Å²) in [5.74, 6) is 0.740. The lowest BCUT2D eigenvalue weighted by molar-refractivity contribution is 0.308. The average Bonchev–Trinajstić information content (AvgIpc) is 3.11. The van der Waals surface area contributed by atoms with E-state index in [1.54, 1.807) is 11.3 Å². The lowest BCUT2D eigenvalue weighted by Crippen LogP contribution is -2.44. The molecule has 1 fully saturated rings. The first-order valence-corrected chi connectivity index (χ1v) is 9.58. The minimum Gasteiger partial charge on any atom is -0.506 e. The zero-order valence-electron chi connectivity index (χ0n) is 14.3. The molecule has 1 aromatic carbocycles. The molecule has 0 radical (unpaired) electrons. The Morgan fingerprint density at radius 1 is 1.32 bits per heavy atom. The molecule has 1 heterocycles. The van der Waals surface area contributed by atoms with Crippen molar-refractivity contribution < 1.29 is 9.50 Å². The number of hydrogen-bond acceptors (Lipinski definition) is 3. The molecule has 0 bridgehead atoms. The van der Waals surface area contributed by atoms with Crippen molar-refractivity contribution in [2.75, 3.05) is 5.32 Å². The lowest BCUT2D eigenvalue weighted by atomic mass is 9.86. The number of nitrogens with one attached hydrogen (secondary N) is 2. The van der Waals surface area contributed by atoms with E-state index < -0.39 is 5.82 Å². The van der Waals surface area contributed by atoms with Gasteiger partial charge in [-0.15, -0.1) is 11.3 Å². The number of halogens is 1. The van der Waals surface area contributed by atoms with Crippen LogP contribution in [0, 0.1) is 11.7 Å². The number of rotatable bonds is 4. The van der Waals surface area contributed by atoms with Gasteiger partial charge in [-0.05, 0) is 42.3 Å². The highest BCUT2D eigenvalue weighted by Crippen LogP contribution is 2.26. The van der Waals surface area contributed by atoms with Gasteiger partial charge in [-0.2, -0.15) is 0 Å². The van der Waals surface area contributed by atoms with Crippen LogP contribution in [0.15, 0.2) is 40.7 Å². The van der Waals surface area contributed by atoms with E-state index in [1.807, 2.05) is 17.5 Å². The summed E-state index contributed by atoms with van der Waals surface area (Å²) in [4.78, 5) is 5.79. The third-order valence-electron chi connectivity index (χ3n) is 4.62. The summed E-state index contributed by atoms with van der Waals surface area (Å²) < 4.78 is 13.5. The summed E-state index contributed by atoms with van der Waals surface area (Å²) in [6, 6.07) is 8.23. The van der Waals surface area contributed by atoms with Crippen LogP contribution in [0.1, 0.15) is 37.5 Å². The molecule has 1 aromatic heterocycles. The van der Waals surface area contributed by atoms with Gasteiger partial charge in [0.25, 0.3) is 0 Å². The van der Waals surface area contributed by atoms with E-state index in [4.69, 9.17) is 0 Å². The average molecular weight is 361 g/mol. The van der Waals surface area contributed by atoms with Crippen LogP contribution in [0.2, 0.25) is 0 Å². The Bertz CT molecular complexity index is 717. The number of nitrogens with zero attached hydrogens (tertiary/aromatic N) is 1. The lowest BCUT2D eigenvalue weighted by Gasteiger charge is -2.31. The zero-order chi connectivity index (χ0) is 17.6. The smallest absolute Gasteiger partial charge is 0.196 e. The number of phenolic OH excluding ortho intramolecular Hbond substituents is 1. The van der Waals surface area contributed by atoms with Crippen molar-refractivity contribution in [3.05, 3.63) is 46.4 Å². The van der Waals surface area contributed by atoms with Gasteiger partial charge >= 0.3 is 0 Å². The third kappa shape index (κ3) is 4.95. The maximum absolute atomic E-state index is 13.5. The van der Waals surface area contributed by atoms with Crippen LogP contribution in [0.5, 0.6) is 5.75 Å². The molecule has 3 N–H and O–H groups in total. The molecule has 0 amide bonds. The second-order valence-electron chi connectivity index (χ2n) is 6.54. The van der Waals surface area contributed by atoms with Gasteiger partial charge in [-0.3, -0.25) is 0 Å². The highest BCUT2D eigenvalue weighted by atomic mass is 32.1. The van der Waals surface area contributed by atoms with Crippen LogP contribution < -0.4 is 10.6 Å². The van der Waals surface area contributed by atoms with Gasteiger partial charge in [0.2, 0.25) is 0 Å². The van der Waals surface area contributed by atoms with Crippen LogP contribution in [0.25, 0.3) is 0 Å². The fourth-order valence-corrected chi connectivity index (χ4v) is 3.75. The Kier molecular flexibility index (Phi) is 5.91. The second-order valence-corrected chi connectivity index (χ2v) is 7.58. The number of hydrogen-bond donors (Lipinski definition) is 3. The van der Waals surface area contributed by atoms with Crippen molar-refractivity contribution in [3.8, 4) is 5.75 Å². The third-order valence-corrected chi connectivity index (χ3v) is 5.48. The van der Waals surface area contributed by atoms with Crippen LogP contribution >= 0.6 is 11.3 Å². The number of guanidine groups is 1. The van der Waals surface area contributed by atoms with Crippen molar-refractivity contribution in [3.63, 3.8) is 0 Å².